The first-order valence-electron chi connectivity index (χ1n) is 12.7. The van der Waals surface area contributed by atoms with Gasteiger partial charge in [0.1, 0.15) is 5.75 Å². The van der Waals surface area contributed by atoms with Crippen molar-refractivity contribution >= 4 is 11.9 Å². The van der Waals surface area contributed by atoms with Crippen LogP contribution in [0.15, 0.2) is 67.0 Å². The van der Waals surface area contributed by atoms with Crippen LogP contribution < -0.4 is 9.64 Å². The zero-order valence-electron chi connectivity index (χ0n) is 20.6. The molecular weight excluding hydrogens is 438 g/mol. The number of anilines is 1. The molecule has 0 atom stereocenters. The minimum Gasteiger partial charge on any atom is -0.497 e. The third-order valence-electron chi connectivity index (χ3n) is 7.30. The molecule has 35 heavy (non-hydrogen) atoms. The predicted octanol–water partition coefficient (Wildman–Crippen LogP) is 3.48. The van der Waals surface area contributed by atoms with Gasteiger partial charge in [0.15, 0.2) is 0 Å². The summed E-state index contributed by atoms with van der Waals surface area (Å²) in [6.07, 6.45) is 7.15. The number of imidazole rings is 1. The molecule has 5 rings (SSSR count). The normalized spacial score (nSPS) is 17.5. The van der Waals surface area contributed by atoms with Crippen LogP contribution >= 0.6 is 0 Å². The second kappa shape index (κ2) is 11.0. The molecule has 3 heterocycles. The molecule has 3 aromatic rings. The van der Waals surface area contributed by atoms with Gasteiger partial charge in [-0.05, 0) is 42.9 Å². The summed E-state index contributed by atoms with van der Waals surface area (Å²) in [4.78, 5) is 24.3. The number of piperidine rings is 1. The Hall–Kier alpha value is -3.32. The highest BCUT2D eigenvalue weighted by Gasteiger charge is 2.26. The Bertz CT molecular complexity index is 1100. The lowest BCUT2D eigenvalue weighted by Gasteiger charge is -2.37. The molecule has 184 valence electrons. The van der Waals surface area contributed by atoms with Gasteiger partial charge in [0.25, 0.3) is 0 Å². The molecule has 0 spiro atoms. The van der Waals surface area contributed by atoms with Crippen LogP contribution in [0.4, 0.5) is 5.95 Å². The molecule has 2 fully saturated rings. The van der Waals surface area contributed by atoms with E-state index in [9.17, 15) is 4.79 Å². The topological polar surface area (TPSA) is 53.8 Å². The summed E-state index contributed by atoms with van der Waals surface area (Å²) < 4.78 is 7.48. The van der Waals surface area contributed by atoms with Crippen molar-refractivity contribution in [3.8, 4) is 11.4 Å². The fourth-order valence-electron chi connectivity index (χ4n) is 5.22. The van der Waals surface area contributed by atoms with Crippen LogP contribution in [0.1, 0.15) is 18.4 Å². The molecule has 7 heteroatoms. The molecule has 7 nitrogen and oxygen atoms in total. The average molecular weight is 474 g/mol. The molecule has 1 aromatic heterocycles. The summed E-state index contributed by atoms with van der Waals surface area (Å²) >= 11 is 0. The van der Waals surface area contributed by atoms with E-state index in [2.05, 4.69) is 60.6 Å². The van der Waals surface area contributed by atoms with Crippen LogP contribution in [0.3, 0.4) is 0 Å². The van der Waals surface area contributed by atoms with Gasteiger partial charge in [0.2, 0.25) is 11.9 Å². The third kappa shape index (κ3) is 5.68. The number of nitrogens with zero attached hydrogens (tertiary/aromatic N) is 5. The molecule has 1 amide bonds. The van der Waals surface area contributed by atoms with Crippen LogP contribution in [0.25, 0.3) is 5.69 Å². The summed E-state index contributed by atoms with van der Waals surface area (Å²) in [5.74, 6) is 2.71. The van der Waals surface area contributed by atoms with E-state index < -0.39 is 0 Å². The fraction of sp³-hybridized carbons (Fsp3) is 0.429. The zero-order valence-corrected chi connectivity index (χ0v) is 20.6. The van der Waals surface area contributed by atoms with Gasteiger partial charge in [-0.25, -0.2) is 4.98 Å². The number of likely N-dealkylation sites (tertiary alicyclic amines) is 1. The van der Waals surface area contributed by atoms with Gasteiger partial charge in [-0.1, -0.05) is 36.4 Å². The Labute approximate surface area is 207 Å². The number of carbonyl (C=O) groups is 1. The minimum absolute atomic E-state index is 0.273. The molecule has 0 radical (unpaired) electrons. The maximum Gasteiger partial charge on any atom is 0.236 e. The maximum absolute atomic E-state index is 13.0. The van der Waals surface area contributed by atoms with E-state index >= 15 is 0 Å². The Kier molecular flexibility index (Phi) is 7.33. The lowest BCUT2D eigenvalue weighted by molar-refractivity contribution is -0.133. The van der Waals surface area contributed by atoms with Crippen LogP contribution in [0.5, 0.6) is 5.75 Å². The van der Waals surface area contributed by atoms with Gasteiger partial charge in [0, 0.05) is 57.7 Å². The van der Waals surface area contributed by atoms with Crippen LogP contribution in [-0.2, 0) is 11.2 Å². The molecule has 2 saturated heterocycles. The monoisotopic (exact) mass is 473 g/mol. The SMILES string of the molecule is COc1cccc(-n2ccnc2N2CCN(CC(=O)N3CCC(Cc4ccccc4)CC3)CC2)c1. The second-order valence-corrected chi connectivity index (χ2v) is 9.58. The van der Waals surface area contributed by atoms with Gasteiger partial charge in [0.05, 0.1) is 19.3 Å². The van der Waals surface area contributed by atoms with Crippen molar-refractivity contribution in [3.63, 3.8) is 0 Å². The highest BCUT2D eigenvalue weighted by Crippen LogP contribution is 2.24. The van der Waals surface area contributed by atoms with Gasteiger partial charge < -0.3 is 14.5 Å². The van der Waals surface area contributed by atoms with Crippen LogP contribution in [0, 0.1) is 5.92 Å². The summed E-state index contributed by atoms with van der Waals surface area (Å²) in [7, 11) is 1.68. The van der Waals surface area contributed by atoms with Crippen LogP contribution in [-0.4, -0.2) is 78.2 Å². The predicted molar refractivity (Wildman–Crippen MR) is 138 cm³/mol. The van der Waals surface area contributed by atoms with E-state index in [1.165, 1.54) is 5.56 Å². The first-order valence-corrected chi connectivity index (χ1v) is 12.7. The Balaban J connectivity index is 1.10. The second-order valence-electron chi connectivity index (χ2n) is 9.58. The molecule has 0 bridgehead atoms. The van der Waals surface area contributed by atoms with Crippen molar-refractivity contribution in [1.82, 2.24) is 19.4 Å². The lowest BCUT2D eigenvalue weighted by Crippen LogP contribution is -2.51. The molecule has 0 unspecified atom stereocenters. The van der Waals surface area contributed by atoms with Gasteiger partial charge >= 0.3 is 0 Å². The molecule has 0 aliphatic carbocycles. The van der Waals surface area contributed by atoms with E-state index in [1.54, 1.807) is 7.11 Å². The smallest absolute Gasteiger partial charge is 0.236 e. The van der Waals surface area contributed by atoms with Crippen molar-refractivity contribution in [2.75, 3.05) is 57.8 Å². The Morgan fingerprint density at radius 2 is 1.74 bits per heavy atom. The quantitative estimate of drug-likeness (QED) is 0.526. The molecule has 0 saturated carbocycles. The van der Waals surface area contributed by atoms with Gasteiger partial charge in [-0.15, -0.1) is 0 Å². The standard InChI is InChI=1S/C28H35N5O2/c1-35-26-9-5-8-25(21-26)33-15-12-29-28(33)32-18-16-30(17-19-32)22-27(34)31-13-10-24(11-14-31)20-23-6-3-2-4-7-23/h2-9,12,15,21,24H,10-11,13-14,16-20,22H2,1H3. The number of hydrogen-bond acceptors (Lipinski definition) is 5. The zero-order chi connectivity index (χ0) is 24.0. The van der Waals surface area contributed by atoms with Crippen LogP contribution in [0.2, 0.25) is 0 Å². The Morgan fingerprint density at radius 3 is 2.49 bits per heavy atom. The maximum atomic E-state index is 13.0. The number of ether oxygens (including phenoxy) is 1. The molecule has 2 aliphatic rings. The first-order chi connectivity index (χ1) is 17.2. The number of hydrogen-bond donors (Lipinski definition) is 0. The van der Waals surface area contributed by atoms with Crippen molar-refractivity contribution in [2.45, 2.75) is 19.3 Å². The van der Waals surface area contributed by atoms with E-state index in [-0.39, 0.29) is 5.91 Å². The first kappa shape index (κ1) is 23.4. The number of piperazine rings is 1. The highest BCUT2D eigenvalue weighted by atomic mass is 16.5. The summed E-state index contributed by atoms with van der Waals surface area (Å²) in [6, 6.07) is 18.7. The van der Waals surface area contributed by atoms with Gasteiger partial charge in [-0.2, -0.15) is 0 Å². The fourth-order valence-corrected chi connectivity index (χ4v) is 5.22. The molecule has 2 aromatic carbocycles. The van der Waals surface area contributed by atoms with E-state index in [1.807, 2.05) is 30.6 Å². The minimum atomic E-state index is 0.273. The average Bonchev–Trinajstić information content (AvgIpc) is 3.40. The lowest BCUT2D eigenvalue weighted by atomic mass is 9.90. The van der Waals surface area contributed by atoms with Crippen molar-refractivity contribution in [1.29, 1.82) is 0 Å². The number of methoxy groups -OCH3 is 1. The Morgan fingerprint density at radius 1 is 0.971 bits per heavy atom. The number of aromatic nitrogens is 2. The molecular formula is C28H35N5O2. The van der Waals surface area contributed by atoms with E-state index in [0.717, 1.165) is 75.9 Å². The van der Waals surface area contributed by atoms with Gasteiger partial charge in [-0.3, -0.25) is 14.3 Å². The van der Waals surface area contributed by atoms with E-state index in [4.69, 9.17) is 4.74 Å². The van der Waals surface area contributed by atoms with E-state index in [0.29, 0.717) is 12.5 Å². The number of carbonyl (C=O) groups excluding carboxylic acids is 1. The van der Waals surface area contributed by atoms with Crippen molar-refractivity contribution in [3.05, 3.63) is 72.6 Å². The third-order valence-corrected chi connectivity index (χ3v) is 7.30. The largest absolute Gasteiger partial charge is 0.497 e. The summed E-state index contributed by atoms with van der Waals surface area (Å²) in [6.45, 7) is 5.72. The number of amides is 1. The van der Waals surface area contributed by atoms with Crippen molar-refractivity contribution in [2.24, 2.45) is 5.92 Å². The number of rotatable bonds is 7. The molecule has 0 N–H and O–H groups in total. The van der Waals surface area contributed by atoms with Crippen molar-refractivity contribution < 1.29 is 9.53 Å². The summed E-state index contributed by atoms with van der Waals surface area (Å²) in [5.41, 5.74) is 2.44. The highest BCUT2D eigenvalue weighted by molar-refractivity contribution is 5.78. The summed E-state index contributed by atoms with van der Waals surface area (Å²) in [5, 5.41) is 0. The molecule has 2 aliphatic heterocycles. The number of benzene rings is 2.